The first kappa shape index (κ1) is 13.0. The van der Waals surface area contributed by atoms with Crippen molar-refractivity contribution < 1.29 is 9.84 Å². The number of hydrogen-bond donors (Lipinski definition) is 1. The fourth-order valence-corrected chi connectivity index (χ4v) is 1.78. The van der Waals surface area contributed by atoms with Gasteiger partial charge in [-0.05, 0) is 19.4 Å². The van der Waals surface area contributed by atoms with Crippen LogP contribution in [0, 0.1) is 6.92 Å². The van der Waals surface area contributed by atoms with Crippen LogP contribution in [0.5, 0.6) is 0 Å². The molecule has 3 nitrogen and oxygen atoms in total. The minimum atomic E-state index is 0.0889. The van der Waals surface area contributed by atoms with Gasteiger partial charge >= 0.3 is 0 Å². The summed E-state index contributed by atoms with van der Waals surface area (Å²) in [6.45, 7) is 3.83. The molecule has 0 bridgehead atoms. The van der Waals surface area contributed by atoms with E-state index in [0.717, 1.165) is 30.8 Å². The molecule has 0 aliphatic carbocycles. The Labute approximate surface area is 97.7 Å². The lowest BCUT2D eigenvalue weighted by atomic mass is 10.1. The summed E-state index contributed by atoms with van der Waals surface area (Å²) in [5, 5.41) is 9.31. The third kappa shape index (κ3) is 3.51. The fourth-order valence-electron chi connectivity index (χ4n) is 1.78. The topological polar surface area (TPSA) is 32.7 Å². The lowest BCUT2D eigenvalue weighted by Crippen LogP contribution is -2.21. The summed E-state index contributed by atoms with van der Waals surface area (Å²) in [4.78, 5) is 2.16. The minimum Gasteiger partial charge on any atom is -0.392 e. The van der Waals surface area contributed by atoms with Crippen molar-refractivity contribution in [2.75, 3.05) is 32.2 Å². The van der Waals surface area contributed by atoms with Crippen LogP contribution in [0.4, 0.5) is 5.69 Å². The smallest absolute Gasteiger partial charge is 0.0702 e. The predicted molar refractivity (Wildman–Crippen MR) is 66.9 cm³/mol. The number of methoxy groups -OCH3 is 1. The van der Waals surface area contributed by atoms with Crippen LogP contribution >= 0.6 is 0 Å². The Bertz CT molecular complexity index is 326. The van der Waals surface area contributed by atoms with Crippen molar-refractivity contribution >= 4 is 5.69 Å². The molecule has 1 aromatic rings. The van der Waals surface area contributed by atoms with Gasteiger partial charge in [0.2, 0.25) is 0 Å². The number of benzene rings is 1. The summed E-state index contributed by atoms with van der Waals surface area (Å²) in [5.41, 5.74) is 3.27. The van der Waals surface area contributed by atoms with Crippen molar-refractivity contribution in [3.8, 4) is 0 Å². The van der Waals surface area contributed by atoms with E-state index >= 15 is 0 Å². The Kier molecular flexibility index (Phi) is 5.29. The quantitative estimate of drug-likeness (QED) is 0.748. The minimum absolute atomic E-state index is 0.0889. The molecule has 0 spiro atoms. The van der Waals surface area contributed by atoms with Crippen LogP contribution in [0.15, 0.2) is 18.2 Å². The molecule has 0 unspecified atom stereocenters. The van der Waals surface area contributed by atoms with Gasteiger partial charge in [0.1, 0.15) is 0 Å². The van der Waals surface area contributed by atoms with Crippen molar-refractivity contribution in [2.45, 2.75) is 20.0 Å². The van der Waals surface area contributed by atoms with Crippen LogP contribution in [0.1, 0.15) is 17.5 Å². The lowest BCUT2D eigenvalue weighted by molar-refractivity contribution is 0.196. The molecule has 0 heterocycles. The molecular formula is C13H21NO2. The zero-order valence-electron chi connectivity index (χ0n) is 10.4. The number of ether oxygens (including phenoxy) is 1. The zero-order chi connectivity index (χ0) is 12.0. The van der Waals surface area contributed by atoms with Gasteiger partial charge in [-0.2, -0.15) is 0 Å². The van der Waals surface area contributed by atoms with Gasteiger partial charge in [-0.15, -0.1) is 0 Å². The van der Waals surface area contributed by atoms with Gasteiger partial charge < -0.3 is 14.7 Å². The number of anilines is 1. The van der Waals surface area contributed by atoms with Crippen LogP contribution < -0.4 is 4.90 Å². The highest BCUT2D eigenvalue weighted by atomic mass is 16.5. The standard InChI is InChI=1S/C13H21NO2/c1-11-5-6-13(12(9-11)10-15)14(2)7-4-8-16-3/h5-6,9,15H,4,7-8,10H2,1-3H3. The monoisotopic (exact) mass is 223 g/mol. The molecule has 0 atom stereocenters. The van der Waals surface area contributed by atoms with E-state index in [0.29, 0.717) is 0 Å². The maximum atomic E-state index is 9.31. The maximum Gasteiger partial charge on any atom is 0.0702 e. The first-order valence-corrected chi connectivity index (χ1v) is 5.59. The Morgan fingerprint density at radius 2 is 2.12 bits per heavy atom. The highest BCUT2D eigenvalue weighted by Crippen LogP contribution is 2.21. The number of aliphatic hydroxyl groups is 1. The molecular weight excluding hydrogens is 202 g/mol. The number of rotatable bonds is 6. The fraction of sp³-hybridized carbons (Fsp3) is 0.538. The second-order valence-corrected chi connectivity index (χ2v) is 4.06. The number of aryl methyl sites for hydroxylation is 1. The normalized spacial score (nSPS) is 10.5. The van der Waals surface area contributed by atoms with E-state index < -0.39 is 0 Å². The summed E-state index contributed by atoms with van der Waals surface area (Å²) in [5.74, 6) is 0. The van der Waals surface area contributed by atoms with E-state index in [1.165, 1.54) is 5.56 Å². The van der Waals surface area contributed by atoms with Gasteiger partial charge in [-0.1, -0.05) is 17.7 Å². The molecule has 0 aromatic heterocycles. The molecule has 1 rings (SSSR count). The molecule has 16 heavy (non-hydrogen) atoms. The molecule has 0 saturated heterocycles. The van der Waals surface area contributed by atoms with E-state index in [1.54, 1.807) is 7.11 Å². The molecule has 0 fully saturated rings. The Balaban J connectivity index is 2.70. The van der Waals surface area contributed by atoms with Crippen LogP contribution in [-0.2, 0) is 11.3 Å². The Hall–Kier alpha value is -1.06. The van der Waals surface area contributed by atoms with Gasteiger partial charge in [-0.25, -0.2) is 0 Å². The predicted octanol–water partition coefficient (Wildman–Crippen LogP) is 1.96. The third-order valence-electron chi connectivity index (χ3n) is 2.66. The summed E-state index contributed by atoms with van der Waals surface area (Å²) in [7, 11) is 3.75. The molecule has 0 amide bonds. The van der Waals surface area contributed by atoms with Gasteiger partial charge in [0.05, 0.1) is 6.61 Å². The van der Waals surface area contributed by atoms with Crippen LogP contribution in [0.25, 0.3) is 0 Å². The molecule has 0 aliphatic rings. The van der Waals surface area contributed by atoms with Crippen molar-refractivity contribution in [1.29, 1.82) is 0 Å². The van der Waals surface area contributed by atoms with E-state index in [-0.39, 0.29) is 6.61 Å². The molecule has 1 aromatic carbocycles. The lowest BCUT2D eigenvalue weighted by Gasteiger charge is -2.22. The SMILES string of the molecule is COCCCN(C)c1ccc(C)cc1CO. The second-order valence-electron chi connectivity index (χ2n) is 4.06. The summed E-state index contributed by atoms with van der Waals surface area (Å²) in [6.07, 6.45) is 0.992. The second kappa shape index (κ2) is 6.51. The van der Waals surface area contributed by atoms with Gasteiger partial charge in [-0.3, -0.25) is 0 Å². The van der Waals surface area contributed by atoms with Crippen molar-refractivity contribution in [2.24, 2.45) is 0 Å². The molecule has 1 N–H and O–H groups in total. The highest BCUT2D eigenvalue weighted by molar-refractivity contribution is 5.54. The summed E-state index contributed by atoms with van der Waals surface area (Å²) >= 11 is 0. The van der Waals surface area contributed by atoms with Gasteiger partial charge in [0, 0.05) is 38.6 Å². The van der Waals surface area contributed by atoms with E-state index in [1.807, 2.05) is 20.0 Å². The number of hydrogen-bond acceptors (Lipinski definition) is 3. The van der Waals surface area contributed by atoms with E-state index in [9.17, 15) is 5.11 Å². The third-order valence-corrected chi connectivity index (χ3v) is 2.66. The molecule has 0 radical (unpaired) electrons. The van der Waals surface area contributed by atoms with Crippen LogP contribution in [-0.4, -0.2) is 32.4 Å². The summed E-state index contributed by atoms with van der Waals surface area (Å²) in [6, 6.07) is 6.16. The molecule has 0 saturated carbocycles. The molecule has 90 valence electrons. The maximum absolute atomic E-state index is 9.31. The van der Waals surface area contributed by atoms with Crippen molar-refractivity contribution in [3.05, 3.63) is 29.3 Å². The van der Waals surface area contributed by atoms with E-state index in [4.69, 9.17) is 4.74 Å². The Morgan fingerprint density at radius 1 is 1.38 bits per heavy atom. The first-order valence-electron chi connectivity index (χ1n) is 5.59. The largest absolute Gasteiger partial charge is 0.392 e. The van der Waals surface area contributed by atoms with Crippen molar-refractivity contribution in [3.63, 3.8) is 0 Å². The zero-order valence-corrected chi connectivity index (χ0v) is 10.4. The number of aliphatic hydroxyl groups excluding tert-OH is 1. The first-order chi connectivity index (χ1) is 7.69. The average Bonchev–Trinajstić information content (AvgIpc) is 2.29. The van der Waals surface area contributed by atoms with Crippen molar-refractivity contribution in [1.82, 2.24) is 0 Å². The number of nitrogens with zero attached hydrogens (tertiary/aromatic N) is 1. The molecule has 0 aliphatic heterocycles. The summed E-state index contributed by atoms with van der Waals surface area (Å²) < 4.78 is 5.03. The van der Waals surface area contributed by atoms with Gasteiger partial charge in [0.25, 0.3) is 0 Å². The Morgan fingerprint density at radius 3 is 2.75 bits per heavy atom. The highest BCUT2D eigenvalue weighted by Gasteiger charge is 2.06. The molecule has 3 heteroatoms. The van der Waals surface area contributed by atoms with Crippen LogP contribution in [0.3, 0.4) is 0 Å². The van der Waals surface area contributed by atoms with Crippen LogP contribution in [0.2, 0.25) is 0 Å². The average molecular weight is 223 g/mol. The van der Waals surface area contributed by atoms with E-state index in [2.05, 4.69) is 17.0 Å². The van der Waals surface area contributed by atoms with Gasteiger partial charge in [0.15, 0.2) is 0 Å².